The predicted octanol–water partition coefficient (Wildman–Crippen LogP) is 8.58. The van der Waals surface area contributed by atoms with E-state index in [1.54, 1.807) is 18.2 Å². The second kappa shape index (κ2) is 11.4. The molecule has 0 saturated heterocycles. The molecule has 0 bridgehead atoms. The molecule has 3 aromatic carbocycles. The topological polar surface area (TPSA) is 12.9 Å². The molecular weight excluding hydrogens is 488 g/mol. The van der Waals surface area contributed by atoms with Gasteiger partial charge >= 0.3 is 6.18 Å². The molecule has 1 aromatic heterocycles. The minimum Gasteiger partial charge on any atom is -0.261 e. The number of hydrogen-bond acceptors (Lipinski definition) is 1. The van der Waals surface area contributed by atoms with E-state index in [0.717, 1.165) is 48.7 Å². The Morgan fingerprint density at radius 2 is 1.41 bits per heavy atom. The lowest BCUT2D eigenvalue weighted by atomic mass is 9.97. The Bertz CT molecular complexity index is 1350. The van der Waals surface area contributed by atoms with Crippen molar-refractivity contribution in [2.45, 2.75) is 58.0 Å². The number of benzene rings is 3. The van der Waals surface area contributed by atoms with Crippen molar-refractivity contribution in [3.8, 4) is 0 Å². The summed E-state index contributed by atoms with van der Waals surface area (Å²) >= 11 is 0. The average Bonchev–Trinajstić information content (AvgIpc) is 2.85. The maximum absolute atomic E-state index is 15.2. The van der Waals surface area contributed by atoms with Gasteiger partial charge in [0.1, 0.15) is 23.0 Å². The molecule has 0 N–H and O–H groups in total. The van der Waals surface area contributed by atoms with E-state index in [-0.39, 0.29) is 18.4 Å². The Labute approximate surface area is 212 Å². The lowest BCUT2D eigenvalue weighted by Gasteiger charge is -2.12. The highest BCUT2D eigenvalue weighted by Crippen LogP contribution is 2.34. The highest BCUT2D eigenvalue weighted by molar-refractivity contribution is 5.84. The fraction of sp³-hybridized carbons (Fsp3) is 0.300. The maximum Gasteiger partial charge on any atom is 0.422 e. The molecule has 37 heavy (non-hydrogen) atoms. The highest BCUT2D eigenvalue weighted by Gasteiger charge is 2.37. The number of aryl methyl sites for hydroxylation is 5. The van der Waals surface area contributed by atoms with Gasteiger partial charge in [-0.3, -0.25) is 4.98 Å². The first-order valence-corrected chi connectivity index (χ1v) is 12.3. The van der Waals surface area contributed by atoms with Crippen LogP contribution in [0.2, 0.25) is 0 Å². The molecule has 0 amide bonds. The van der Waals surface area contributed by atoms with E-state index in [2.05, 4.69) is 18.0 Å². The Hall–Kier alpha value is -3.35. The van der Waals surface area contributed by atoms with E-state index in [4.69, 9.17) is 0 Å². The van der Waals surface area contributed by atoms with Gasteiger partial charge in [-0.05, 0) is 84.4 Å². The van der Waals surface area contributed by atoms with Crippen molar-refractivity contribution in [2.24, 2.45) is 0 Å². The number of halogens is 6. The second-order valence-corrected chi connectivity index (χ2v) is 9.29. The molecule has 0 spiro atoms. The molecule has 0 atom stereocenters. The quantitative estimate of drug-likeness (QED) is 0.204. The Morgan fingerprint density at radius 1 is 0.703 bits per heavy atom. The summed E-state index contributed by atoms with van der Waals surface area (Å²) in [7, 11) is 0. The molecule has 194 valence electrons. The summed E-state index contributed by atoms with van der Waals surface area (Å²) in [5, 5.41) is 1.15. The smallest absolute Gasteiger partial charge is 0.261 e. The van der Waals surface area contributed by atoms with Crippen LogP contribution in [-0.2, 0) is 38.3 Å². The van der Waals surface area contributed by atoms with Gasteiger partial charge in [-0.1, -0.05) is 49.7 Å². The summed E-state index contributed by atoms with van der Waals surface area (Å²) < 4.78 is 81.2. The number of fused-ring (bicyclic) bond motifs is 1. The van der Waals surface area contributed by atoms with Crippen LogP contribution in [0.3, 0.4) is 0 Å². The van der Waals surface area contributed by atoms with Crippen molar-refractivity contribution in [2.75, 3.05) is 0 Å². The van der Waals surface area contributed by atoms with Gasteiger partial charge in [0, 0.05) is 17.3 Å². The predicted molar refractivity (Wildman–Crippen MR) is 133 cm³/mol. The monoisotopic (exact) mass is 515 g/mol. The number of aromatic nitrogens is 1. The van der Waals surface area contributed by atoms with Crippen LogP contribution in [0.15, 0.2) is 60.8 Å². The van der Waals surface area contributed by atoms with Gasteiger partial charge in [-0.15, -0.1) is 0 Å². The summed E-state index contributed by atoms with van der Waals surface area (Å²) in [4.78, 5) is 4.55. The minimum atomic E-state index is -5.12. The molecule has 0 saturated carbocycles. The van der Waals surface area contributed by atoms with E-state index in [1.807, 2.05) is 24.4 Å². The normalized spacial score (nSPS) is 11.9. The molecule has 4 aromatic rings. The number of nitrogens with zero attached hydrogens (tertiary/aromatic N) is 1. The summed E-state index contributed by atoms with van der Waals surface area (Å²) in [6, 6.07) is 14.4. The van der Waals surface area contributed by atoms with Crippen LogP contribution >= 0.6 is 0 Å². The Kier molecular flexibility index (Phi) is 8.20. The Balaban J connectivity index is 1.42. The fourth-order valence-electron chi connectivity index (χ4n) is 4.46. The van der Waals surface area contributed by atoms with Crippen LogP contribution in [0.5, 0.6) is 0 Å². The van der Waals surface area contributed by atoms with E-state index in [1.165, 1.54) is 5.56 Å². The molecular formula is C30H27F6N. The van der Waals surface area contributed by atoms with Gasteiger partial charge in [-0.25, -0.2) is 13.2 Å². The van der Waals surface area contributed by atoms with Gasteiger partial charge in [0.2, 0.25) is 0 Å². The summed E-state index contributed by atoms with van der Waals surface area (Å²) in [6.45, 7) is 2.16. The number of hydrogen-bond donors (Lipinski definition) is 0. The highest BCUT2D eigenvalue weighted by atomic mass is 19.4. The van der Waals surface area contributed by atoms with Crippen LogP contribution in [0.25, 0.3) is 10.8 Å². The average molecular weight is 516 g/mol. The number of rotatable bonds is 9. The largest absolute Gasteiger partial charge is 0.422 e. The van der Waals surface area contributed by atoms with Crippen LogP contribution in [0.4, 0.5) is 26.3 Å². The molecule has 0 fully saturated rings. The van der Waals surface area contributed by atoms with E-state index in [9.17, 15) is 22.0 Å². The summed E-state index contributed by atoms with van der Waals surface area (Å²) in [5.74, 6) is -3.78. The molecule has 4 rings (SSSR count). The molecule has 7 heteroatoms. The molecule has 1 nitrogen and oxygen atoms in total. The molecule has 0 aliphatic heterocycles. The fourth-order valence-corrected chi connectivity index (χ4v) is 4.46. The lowest BCUT2D eigenvalue weighted by molar-refractivity contribution is -0.142. The third-order valence-corrected chi connectivity index (χ3v) is 6.54. The van der Waals surface area contributed by atoms with Gasteiger partial charge in [0.05, 0.1) is 0 Å². The molecule has 0 unspecified atom stereocenters. The molecule has 1 heterocycles. The van der Waals surface area contributed by atoms with Gasteiger partial charge in [0.15, 0.2) is 0 Å². The first kappa shape index (κ1) is 26.7. The maximum atomic E-state index is 15.2. The third-order valence-electron chi connectivity index (χ3n) is 6.54. The van der Waals surface area contributed by atoms with E-state index in [0.29, 0.717) is 23.1 Å². The van der Waals surface area contributed by atoms with Gasteiger partial charge in [0.25, 0.3) is 0 Å². The van der Waals surface area contributed by atoms with Gasteiger partial charge < -0.3 is 0 Å². The van der Waals surface area contributed by atoms with Crippen molar-refractivity contribution in [1.29, 1.82) is 0 Å². The van der Waals surface area contributed by atoms with Crippen molar-refractivity contribution < 1.29 is 26.3 Å². The van der Waals surface area contributed by atoms with Crippen molar-refractivity contribution in [3.05, 3.63) is 112 Å². The summed E-state index contributed by atoms with van der Waals surface area (Å²) in [5.41, 5.74) is 1.73. The minimum absolute atomic E-state index is 0.00325. The summed E-state index contributed by atoms with van der Waals surface area (Å²) in [6.07, 6.45) is 1.73. The van der Waals surface area contributed by atoms with Crippen LogP contribution in [-0.4, -0.2) is 4.98 Å². The first-order valence-electron chi connectivity index (χ1n) is 12.3. The SMILES string of the molecule is CCCCc1ccc(CCc2ccc3c(F)c(CCc4cc(F)c(C(F)(F)F)c(F)c4)ccc3c2)nc1. The Morgan fingerprint density at radius 3 is 2.05 bits per heavy atom. The van der Waals surface area contributed by atoms with Crippen LogP contribution < -0.4 is 0 Å². The first-order chi connectivity index (χ1) is 17.7. The van der Waals surface area contributed by atoms with E-state index < -0.39 is 29.2 Å². The third kappa shape index (κ3) is 6.51. The van der Waals surface area contributed by atoms with Gasteiger partial charge in [-0.2, -0.15) is 13.2 Å². The number of alkyl halides is 3. The van der Waals surface area contributed by atoms with Crippen LogP contribution in [0.1, 0.15) is 53.3 Å². The number of pyridine rings is 1. The van der Waals surface area contributed by atoms with Crippen molar-refractivity contribution in [3.63, 3.8) is 0 Å². The lowest BCUT2D eigenvalue weighted by Crippen LogP contribution is -2.12. The zero-order chi connectivity index (χ0) is 26.6. The second-order valence-electron chi connectivity index (χ2n) is 9.29. The zero-order valence-corrected chi connectivity index (χ0v) is 20.4. The standard InChI is InChI=1S/C30H27F6N/c1-2-3-4-20-7-13-24(37-18-20)12-6-19-8-14-25-23(15-19)11-10-22(29(25)33)9-5-21-16-26(31)28(27(32)17-21)30(34,35)36/h7-8,10-11,13-18H,2-6,9,12H2,1H3. The van der Waals surface area contributed by atoms with Crippen LogP contribution in [0, 0.1) is 17.5 Å². The molecule has 0 aliphatic rings. The van der Waals surface area contributed by atoms with Crippen molar-refractivity contribution in [1.82, 2.24) is 4.98 Å². The zero-order valence-electron chi connectivity index (χ0n) is 20.4. The van der Waals surface area contributed by atoms with E-state index >= 15 is 4.39 Å². The number of unbranched alkanes of at least 4 members (excludes halogenated alkanes) is 1. The van der Waals surface area contributed by atoms with Crippen molar-refractivity contribution >= 4 is 10.8 Å². The molecule has 0 aliphatic carbocycles. The molecule has 0 radical (unpaired) electrons.